The minimum Gasteiger partial charge on any atom is -0.481 e. The average Bonchev–Trinajstić information content (AvgIpc) is 3.11. The van der Waals surface area contributed by atoms with Gasteiger partial charge >= 0.3 is 0 Å². The molecule has 0 spiro atoms. The molecule has 8 heteroatoms. The summed E-state index contributed by atoms with van der Waals surface area (Å²) in [5.74, 6) is -2.64. The summed E-state index contributed by atoms with van der Waals surface area (Å²) in [7, 11) is 0. The Kier molecular flexibility index (Phi) is 5.60. The second-order valence-corrected chi connectivity index (χ2v) is 5.67. The summed E-state index contributed by atoms with van der Waals surface area (Å²) in [4.78, 5) is 16.0. The van der Waals surface area contributed by atoms with Crippen LogP contribution < -0.4 is 10.1 Å². The molecule has 1 fully saturated rings. The number of rotatable bonds is 6. The molecule has 3 rings (SSSR count). The molecule has 2 aromatic rings. The molecule has 0 aliphatic carbocycles. The van der Waals surface area contributed by atoms with E-state index in [9.17, 15) is 13.6 Å². The Morgan fingerprint density at radius 2 is 2.24 bits per heavy atom. The molecular formula is C17H18F2N2O4. The van der Waals surface area contributed by atoms with E-state index in [1.54, 1.807) is 0 Å². The summed E-state index contributed by atoms with van der Waals surface area (Å²) >= 11 is 0. The van der Waals surface area contributed by atoms with Gasteiger partial charge in [0.15, 0.2) is 23.9 Å². The van der Waals surface area contributed by atoms with E-state index in [-0.39, 0.29) is 36.0 Å². The van der Waals surface area contributed by atoms with E-state index in [0.717, 1.165) is 25.3 Å². The highest BCUT2D eigenvalue weighted by molar-refractivity contribution is 5.91. The van der Waals surface area contributed by atoms with Gasteiger partial charge in [-0.15, -0.1) is 0 Å². The molecule has 1 aliphatic heterocycles. The zero-order valence-electron chi connectivity index (χ0n) is 13.5. The van der Waals surface area contributed by atoms with E-state index in [2.05, 4.69) is 10.3 Å². The zero-order chi connectivity index (χ0) is 17.6. The lowest BCUT2D eigenvalue weighted by molar-refractivity contribution is 0.0168. The lowest BCUT2D eigenvalue weighted by Gasteiger charge is -2.22. The number of carbonyl (C=O) groups excluding carboxylic acids is 1. The third-order valence-corrected chi connectivity index (χ3v) is 3.82. The molecule has 25 heavy (non-hydrogen) atoms. The van der Waals surface area contributed by atoms with Crippen LogP contribution in [0.4, 0.5) is 8.78 Å². The third kappa shape index (κ3) is 4.54. The van der Waals surface area contributed by atoms with Crippen LogP contribution in [0.2, 0.25) is 0 Å². The molecule has 6 nitrogen and oxygen atoms in total. The first-order valence-electron chi connectivity index (χ1n) is 8.04. The van der Waals surface area contributed by atoms with Gasteiger partial charge in [-0.25, -0.2) is 9.37 Å². The Balaban J connectivity index is 1.51. The van der Waals surface area contributed by atoms with Crippen molar-refractivity contribution in [3.63, 3.8) is 0 Å². The normalized spacial score (nSPS) is 17.3. The lowest BCUT2D eigenvalue weighted by Crippen LogP contribution is -2.35. The van der Waals surface area contributed by atoms with E-state index in [1.165, 1.54) is 18.4 Å². The molecule has 1 amide bonds. The predicted octanol–water partition coefficient (Wildman–Crippen LogP) is 2.83. The van der Waals surface area contributed by atoms with Gasteiger partial charge < -0.3 is 19.2 Å². The summed E-state index contributed by atoms with van der Waals surface area (Å²) in [6.45, 7) is 0.897. The topological polar surface area (TPSA) is 73.6 Å². The standard InChI is InChI=1S/C17H18F2N2O4/c18-12-5-3-6-14(16(12)19)24-10-15-21-13(9-25-15)17(22)20-8-11-4-1-2-7-23-11/h3,5-6,9,11H,1-2,4,7-8,10H2,(H,20,22)/t11-/m1/s1. The number of ether oxygens (including phenoxy) is 2. The van der Waals surface area contributed by atoms with Crippen LogP contribution in [-0.4, -0.2) is 30.1 Å². The maximum absolute atomic E-state index is 13.5. The van der Waals surface area contributed by atoms with Crippen LogP contribution in [0.5, 0.6) is 5.75 Å². The smallest absolute Gasteiger partial charge is 0.273 e. The van der Waals surface area contributed by atoms with Gasteiger partial charge in [0.25, 0.3) is 5.91 Å². The van der Waals surface area contributed by atoms with Crippen LogP contribution in [0, 0.1) is 11.6 Å². The van der Waals surface area contributed by atoms with Gasteiger partial charge in [0.2, 0.25) is 11.7 Å². The van der Waals surface area contributed by atoms with Crippen molar-refractivity contribution < 1.29 is 27.5 Å². The highest BCUT2D eigenvalue weighted by Crippen LogP contribution is 2.20. The van der Waals surface area contributed by atoms with Crippen molar-refractivity contribution in [2.75, 3.05) is 13.2 Å². The van der Waals surface area contributed by atoms with E-state index >= 15 is 0 Å². The van der Waals surface area contributed by atoms with E-state index < -0.39 is 11.6 Å². The zero-order valence-corrected chi connectivity index (χ0v) is 13.5. The number of aromatic nitrogens is 1. The maximum atomic E-state index is 13.5. The quantitative estimate of drug-likeness (QED) is 0.865. The minimum absolute atomic E-state index is 0.0170. The monoisotopic (exact) mass is 352 g/mol. The molecule has 0 unspecified atom stereocenters. The van der Waals surface area contributed by atoms with Crippen LogP contribution in [-0.2, 0) is 11.3 Å². The Morgan fingerprint density at radius 1 is 1.36 bits per heavy atom. The number of amides is 1. The Bertz CT molecular complexity index is 729. The third-order valence-electron chi connectivity index (χ3n) is 3.82. The predicted molar refractivity (Wildman–Crippen MR) is 83.1 cm³/mol. The Morgan fingerprint density at radius 3 is 3.04 bits per heavy atom. The van der Waals surface area contributed by atoms with Crippen LogP contribution >= 0.6 is 0 Å². The number of hydrogen-bond donors (Lipinski definition) is 1. The average molecular weight is 352 g/mol. The van der Waals surface area contributed by atoms with E-state index in [0.29, 0.717) is 13.2 Å². The molecule has 1 aliphatic rings. The fraction of sp³-hybridized carbons (Fsp3) is 0.412. The van der Waals surface area contributed by atoms with Gasteiger partial charge in [0.1, 0.15) is 6.26 Å². The molecule has 134 valence electrons. The summed E-state index contributed by atoms with van der Waals surface area (Å²) in [6.07, 6.45) is 4.25. The lowest BCUT2D eigenvalue weighted by atomic mass is 10.1. The number of nitrogens with one attached hydrogen (secondary N) is 1. The number of halogens is 2. The molecule has 0 saturated carbocycles. The first-order valence-corrected chi connectivity index (χ1v) is 8.04. The molecule has 1 N–H and O–H groups in total. The largest absolute Gasteiger partial charge is 0.481 e. The van der Waals surface area contributed by atoms with Crippen molar-refractivity contribution >= 4 is 5.91 Å². The Hall–Kier alpha value is -2.48. The first kappa shape index (κ1) is 17.3. The van der Waals surface area contributed by atoms with Crippen LogP contribution in [0.1, 0.15) is 35.6 Å². The molecule has 1 aromatic carbocycles. The fourth-order valence-corrected chi connectivity index (χ4v) is 2.48. The number of nitrogens with zero attached hydrogens (tertiary/aromatic N) is 1. The van der Waals surface area contributed by atoms with E-state index in [4.69, 9.17) is 13.9 Å². The van der Waals surface area contributed by atoms with Crippen molar-refractivity contribution in [1.29, 1.82) is 0 Å². The van der Waals surface area contributed by atoms with Crippen LogP contribution in [0.15, 0.2) is 28.9 Å². The van der Waals surface area contributed by atoms with Crippen molar-refractivity contribution in [2.45, 2.75) is 32.0 Å². The van der Waals surface area contributed by atoms with Crippen LogP contribution in [0.25, 0.3) is 0 Å². The molecule has 0 radical (unpaired) electrons. The van der Waals surface area contributed by atoms with Gasteiger partial charge in [-0.3, -0.25) is 4.79 Å². The van der Waals surface area contributed by atoms with Crippen LogP contribution in [0.3, 0.4) is 0 Å². The highest BCUT2D eigenvalue weighted by atomic mass is 19.2. The van der Waals surface area contributed by atoms with Crippen molar-refractivity contribution in [3.05, 3.63) is 47.7 Å². The number of carbonyl (C=O) groups is 1. The summed E-state index contributed by atoms with van der Waals surface area (Å²) in [5, 5.41) is 2.74. The number of oxazole rings is 1. The Labute approximate surface area is 143 Å². The minimum atomic E-state index is -1.08. The first-order chi connectivity index (χ1) is 12.1. The highest BCUT2D eigenvalue weighted by Gasteiger charge is 2.18. The molecular weight excluding hydrogens is 334 g/mol. The summed E-state index contributed by atoms with van der Waals surface area (Å²) < 4.78 is 42.4. The van der Waals surface area contributed by atoms with Crippen molar-refractivity contribution in [3.8, 4) is 5.75 Å². The van der Waals surface area contributed by atoms with Gasteiger partial charge in [0, 0.05) is 13.2 Å². The molecule has 1 aromatic heterocycles. The molecule has 0 bridgehead atoms. The second-order valence-electron chi connectivity index (χ2n) is 5.67. The van der Waals surface area contributed by atoms with Gasteiger partial charge in [0.05, 0.1) is 6.10 Å². The fourth-order valence-electron chi connectivity index (χ4n) is 2.48. The van der Waals surface area contributed by atoms with Crippen molar-refractivity contribution in [1.82, 2.24) is 10.3 Å². The summed E-state index contributed by atoms with van der Waals surface area (Å²) in [6, 6.07) is 3.61. The van der Waals surface area contributed by atoms with Gasteiger partial charge in [-0.1, -0.05) is 6.07 Å². The van der Waals surface area contributed by atoms with Gasteiger partial charge in [-0.05, 0) is 31.4 Å². The number of benzene rings is 1. The second kappa shape index (κ2) is 8.06. The van der Waals surface area contributed by atoms with E-state index in [1.807, 2.05) is 0 Å². The molecule has 1 saturated heterocycles. The SMILES string of the molecule is O=C(NC[C@H]1CCCCO1)c1coc(COc2cccc(F)c2F)n1. The summed E-state index contributed by atoms with van der Waals surface area (Å²) in [5.41, 5.74) is 0.0918. The van der Waals surface area contributed by atoms with Gasteiger partial charge in [-0.2, -0.15) is 4.39 Å². The maximum Gasteiger partial charge on any atom is 0.273 e. The molecule has 1 atom stereocenters. The number of hydrogen-bond acceptors (Lipinski definition) is 5. The van der Waals surface area contributed by atoms with Crippen molar-refractivity contribution in [2.24, 2.45) is 0 Å². The molecule has 2 heterocycles.